The molecule has 7 aromatic carbocycles. The monoisotopic (exact) mass is 708 g/mol. The Morgan fingerprint density at radius 1 is 0.545 bits per heavy atom. The molecule has 55 heavy (non-hydrogen) atoms. The van der Waals surface area contributed by atoms with E-state index < -0.39 is 0 Å². The Balaban J connectivity index is 1.18. The average Bonchev–Trinajstić information content (AvgIpc) is 3.94. The highest BCUT2D eigenvalue weighted by molar-refractivity contribution is 7.01. The molecule has 2 aromatic heterocycles. The van der Waals surface area contributed by atoms with Crippen LogP contribution >= 0.6 is 0 Å². The lowest BCUT2D eigenvalue weighted by Gasteiger charge is -2.50. The van der Waals surface area contributed by atoms with E-state index in [1.54, 1.807) is 0 Å². The molecule has 13 rings (SSSR count). The normalized spacial score (nSPS) is 20.7. The van der Waals surface area contributed by atoms with Gasteiger partial charge < -0.3 is 18.6 Å². The van der Waals surface area contributed by atoms with Crippen molar-refractivity contribution in [3.05, 3.63) is 145 Å². The van der Waals surface area contributed by atoms with Gasteiger partial charge in [-0.3, -0.25) is 0 Å². The van der Waals surface area contributed by atoms with E-state index in [-0.39, 0.29) is 17.7 Å². The Hall–Kier alpha value is -6.20. The van der Waals surface area contributed by atoms with Gasteiger partial charge in [0, 0.05) is 44.0 Å². The molecule has 2 unspecified atom stereocenters. The zero-order valence-electron chi connectivity index (χ0n) is 30.9. The van der Waals surface area contributed by atoms with Crippen LogP contribution in [0.15, 0.2) is 148 Å². The Bertz CT molecular complexity index is 3140. The zero-order valence-corrected chi connectivity index (χ0v) is 30.9. The van der Waals surface area contributed by atoms with E-state index in [9.17, 15) is 0 Å². The predicted molar refractivity (Wildman–Crippen MR) is 229 cm³/mol. The number of benzene rings is 7. The van der Waals surface area contributed by atoms with E-state index in [1.165, 1.54) is 69.4 Å². The molecule has 5 heterocycles. The molecule has 1 aliphatic carbocycles. The summed E-state index contributed by atoms with van der Waals surface area (Å²) in [5, 5.41) is 4.50. The van der Waals surface area contributed by atoms with E-state index in [4.69, 9.17) is 8.83 Å². The first-order valence-corrected chi connectivity index (χ1v) is 19.9. The topological polar surface area (TPSA) is 32.8 Å². The molecule has 4 nitrogen and oxygen atoms in total. The molecule has 4 aliphatic rings. The molecule has 1 fully saturated rings. The van der Waals surface area contributed by atoms with Gasteiger partial charge in [0.15, 0.2) is 11.2 Å². The number of para-hydroxylation sites is 4. The van der Waals surface area contributed by atoms with Crippen molar-refractivity contribution in [2.24, 2.45) is 0 Å². The molecular formula is C50H37BN2O2. The molecule has 0 saturated heterocycles. The summed E-state index contributed by atoms with van der Waals surface area (Å²) in [5.41, 5.74) is 17.5. The minimum atomic E-state index is -0.0738. The summed E-state index contributed by atoms with van der Waals surface area (Å²) in [6.07, 6.45) is 4.83. The Morgan fingerprint density at radius 3 is 2.07 bits per heavy atom. The van der Waals surface area contributed by atoms with Gasteiger partial charge in [-0.05, 0) is 83.8 Å². The summed E-state index contributed by atoms with van der Waals surface area (Å²) in [6, 6.07) is 51.5. The first-order chi connectivity index (χ1) is 27.0. The van der Waals surface area contributed by atoms with Gasteiger partial charge in [-0.1, -0.05) is 128 Å². The highest BCUT2D eigenvalue weighted by atomic mass is 16.3. The van der Waals surface area contributed by atoms with Crippen LogP contribution in [0.4, 0.5) is 28.4 Å². The van der Waals surface area contributed by atoms with Gasteiger partial charge in [0.25, 0.3) is 0 Å². The van der Waals surface area contributed by atoms with Crippen molar-refractivity contribution in [1.29, 1.82) is 0 Å². The number of rotatable bonds is 2. The van der Waals surface area contributed by atoms with Crippen molar-refractivity contribution in [1.82, 2.24) is 0 Å². The molecule has 0 bridgehead atoms. The van der Waals surface area contributed by atoms with Crippen LogP contribution in [0, 0.1) is 0 Å². The molecule has 0 N–H and O–H groups in total. The van der Waals surface area contributed by atoms with Crippen LogP contribution in [0.3, 0.4) is 0 Å². The summed E-state index contributed by atoms with van der Waals surface area (Å²) in [6.45, 7) is 5.12. The van der Waals surface area contributed by atoms with Gasteiger partial charge in [0.05, 0.1) is 16.9 Å². The molecule has 0 spiro atoms. The highest BCUT2D eigenvalue weighted by Gasteiger charge is 2.58. The minimum Gasteiger partial charge on any atom is -0.454 e. The van der Waals surface area contributed by atoms with Crippen LogP contribution in [0.25, 0.3) is 55.0 Å². The Kier molecular flexibility index (Phi) is 5.65. The highest BCUT2D eigenvalue weighted by Crippen LogP contribution is 2.61. The van der Waals surface area contributed by atoms with E-state index in [1.807, 2.05) is 0 Å². The second-order valence-electron chi connectivity index (χ2n) is 16.7. The van der Waals surface area contributed by atoms with Crippen LogP contribution in [0.1, 0.15) is 45.1 Å². The van der Waals surface area contributed by atoms with Crippen LogP contribution in [0.5, 0.6) is 0 Å². The standard InChI is InChI=1S/C50H37BN2O2/c1-49-26-11-12-27-50(49,2)53(40-20-8-6-18-37(40)49)30-28-36-31-14-3-7-19-38(31)51-39-25-24-35-33-16-5-10-23-44(33)55-48(35)46(39)52(42(29-30)45(36)51)41-21-13-17-34-32-15-4-9-22-43(32)54-47(34)41/h3-10,13-25,28-29H,11-12,26-27H2,1-2H3. The number of anilines is 5. The summed E-state index contributed by atoms with van der Waals surface area (Å²) >= 11 is 0. The van der Waals surface area contributed by atoms with Crippen molar-refractivity contribution in [3.63, 3.8) is 0 Å². The van der Waals surface area contributed by atoms with Gasteiger partial charge in [0.2, 0.25) is 6.71 Å². The number of nitrogens with zero attached hydrogens (tertiary/aromatic N) is 2. The van der Waals surface area contributed by atoms with E-state index in [0.717, 1.165) is 61.7 Å². The summed E-state index contributed by atoms with van der Waals surface area (Å²) < 4.78 is 13.8. The quantitative estimate of drug-likeness (QED) is 0.167. The largest absolute Gasteiger partial charge is 0.454 e. The van der Waals surface area contributed by atoms with E-state index >= 15 is 0 Å². The minimum absolute atomic E-state index is 0.0468. The predicted octanol–water partition coefficient (Wildman–Crippen LogP) is 11.5. The van der Waals surface area contributed by atoms with Gasteiger partial charge in [0.1, 0.15) is 11.2 Å². The Morgan fingerprint density at radius 2 is 1.22 bits per heavy atom. The fourth-order valence-corrected chi connectivity index (χ4v) is 11.6. The van der Waals surface area contributed by atoms with Crippen molar-refractivity contribution >= 4 is 95.4 Å². The molecule has 2 atom stereocenters. The number of furan rings is 2. The van der Waals surface area contributed by atoms with Gasteiger partial charge in [-0.15, -0.1) is 0 Å². The maximum atomic E-state index is 6.98. The van der Waals surface area contributed by atoms with Crippen LogP contribution in [-0.4, -0.2) is 12.3 Å². The fourth-order valence-electron chi connectivity index (χ4n) is 11.6. The van der Waals surface area contributed by atoms with Gasteiger partial charge in [-0.2, -0.15) is 0 Å². The molecule has 262 valence electrons. The van der Waals surface area contributed by atoms with Crippen molar-refractivity contribution in [3.8, 4) is 11.1 Å². The first kappa shape index (κ1) is 30.2. The maximum Gasteiger partial charge on any atom is 0.248 e. The number of fused-ring (bicyclic) bond motifs is 15. The third-order valence-electron chi connectivity index (χ3n) is 14.2. The lowest BCUT2D eigenvalue weighted by Crippen LogP contribution is -2.55. The molecule has 0 radical (unpaired) electrons. The number of hydrogen-bond acceptors (Lipinski definition) is 4. The van der Waals surface area contributed by atoms with Crippen LogP contribution < -0.4 is 26.2 Å². The first-order valence-electron chi connectivity index (χ1n) is 19.9. The van der Waals surface area contributed by atoms with Crippen molar-refractivity contribution < 1.29 is 8.83 Å². The van der Waals surface area contributed by atoms with E-state index in [0.29, 0.717) is 0 Å². The molecule has 9 aromatic rings. The molecular weight excluding hydrogens is 671 g/mol. The summed E-state index contributed by atoms with van der Waals surface area (Å²) in [5.74, 6) is 0. The van der Waals surface area contributed by atoms with Crippen molar-refractivity contribution in [2.75, 3.05) is 9.80 Å². The number of hydrogen-bond donors (Lipinski definition) is 0. The third kappa shape index (κ3) is 3.60. The lowest BCUT2D eigenvalue weighted by molar-refractivity contribution is 0.195. The fraction of sp³-hybridized carbons (Fsp3) is 0.160. The Labute approximate surface area is 319 Å². The molecule has 1 saturated carbocycles. The maximum absolute atomic E-state index is 6.98. The molecule has 0 amide bonds. The van der Waals surface area contributed by atoms with E-state index in [2.05, 4.69) is 163 Å². The lowest BCUT2D eigenvalue weighted by atomic mass is 9.37. The van der Waals surface area contributed by atoms with Gasteiger partial charge in [-0.25, -0.2) is 0 Å². The van der Waals surface area contributed by atoms with Gasteiger partial charge >= 0.3 is 0 Å². The van der Waals surface area contributed by atoms with Crippen molar-refractivity contribution in [2.45, 2.75) is 50.5 Å². The average molecular weight is 709 g/mol. The van der Waals surface area contributed by atoms with Crippen LogP contribution in [-0.2, 0) is 5.41 Å². The third-order valence-corrected chi connectivity index (χ3v) is 14.2. The summed E-state index contributed by atoms with van der Waals surface area (Å²) in [7, 11) is 0. The summed E-state index contributed by atoms with van der Waals surface area (Å²) in [4.78, 5) is 5.23. The molecule has 5 heteroatoms. The second-order valence-corrected chi connectivity index (χ2v) is 16.7. The zero-order chi connectivity index (χ0) is 36.2. The second kappa shape index (κ2) is 10.3. The molecule has 3 aliphatic heterocycles. The smallest absolute Gasteiger partial charge is 0.248 e. The SMILES string of the molecule is CC12CCCCC1(C)N(c1cc3c4c(c1)N(c1cccc5c1oc1ccccc15)c1c(ccc5c1oc1ccccc15)B4c1ccccc1-3)c1ccccc12. The van der Waals surface area contributed by atoms with Crippen LogP contribution in [0.2, 0.25) is 0 Å².